The largest absolute Gasteiger partial charge is 0.507 e. The minimum absolute atomic E-state index is 0.00234. The van der Waals surface area contributed by atoms with Gasteiger partial charge in [0.05, 0.1) is 21.8 Å². The fourth-order valence-corrected chi connectivity index (χ4v) is 9.13. The number of halogens is 1. The predicted octanol–water partition coefficient (Wildman–Crippen LogP) is 10.5. The number of nitrogens with zero attached hydrogens (tertiary/aromatic N) is 2. The van der Waals surface area contributed by atoms with Crippen LogP contribution in [0.1, 0.15) is 81.8 Å². The van der Waals surface area contributed by atoms with Crippen LogP contribution in [0.25, 0.3) is 0 Å². The van der Waals surface area contributed by atoms with E-state index in [0.29, 0.717) is 61.3 Å². The number of rotatable bonds is 10. The van der Waals surface area contributed by atoms with Gasteiger partial charge >= 0.3 is 11.9 Å². The lowest BCUT2D eigenvalue weighted by Crippen LogP contribution is -2.33. The highest BCUT2D eigenvalue weighted by molar-refractivity contribution is 6.33. The Kier molecular flexibility index (Phi) is 9.08. The number of carbonyl (C=O) groups is 2. The molecule has 0 saturated carbocycles. The first-order valence-electron chi connectivity index (χ1n) is 19.7. The number of esters is 2. The zero-order chi connectivity index (χ0) is 40.3. The topological polar surface area (TPSA) is 101 Å². The molecule has 0 amide bonds. The number of cyclic esters (lactones) is 1. The van der Waals surface area contributed by atoms with E-state index in [9.17, 15) is 14.7 Å². The molecule has 58 heavy (non-hydrogen) atoms. The highest BCUT2D eigenvalue weighted by atomic mass is 35.5. The first-order valence-corrected chi connectivity index (χ1v) is 20.1. The maximum atomic E-state index is 13.6. The van der Waals surface area contributed by atoms with Crippen LogP contribution in [0, 0.1) is 0 Å². The number of phenols is 1. The van der Waals surface area contributed by atoms with Crippen LogP contribution in [0.2, 0.25) is 5.02 Å². The van der Waals surface area contributed by atoms with E-state index in [1.807, 2.05) is 91.0 Å². The minimum Gasteiger partial charge on any atom is -0.507 e. The van der Waals surface area contributed by atoms with Crippen LogP contribution < -0.4 is 19.9 Å². The lowest BCUT2D eigenvalue weighted by atomic mass is 9.77. The molecular formula is C48H42ClN3O6. The Morgan fingerprint density at radius 3 is 1.79 bits per heavy atom. The van der Waals surface area contributed by atoms with E-state index in [2.05, 4.69) is 42.8 Å². The minimum atomic E-state index is -1.46. The van der Waals surface area contributed by atoms with Gasteiger partial charge in [0.1, 0.15) is 17.2 Å². The number of carbonyl (C=O) groups excluding carboxylic acids is 2. The molecule has 3 heterocycles. The molecule has 3 aliphatic heterocycles. The zero-order valence-corrected chi connectivity index (χ0v) is 33.4. The molecule has 6 aromatic rings. The molecule has 10 heteroatoms. The molecule has 6 aromatic carbocycles. The molecule has 0 saturated heterocycles. The summed E-state index contributed by atoms with van der Waals surface area (Å²) < 4.78 is 19.3. The molecule has 2 unspecified atom stereocenters. The van der Waals surface area contributed by atoms with Crippen molar-refractivity contribution in [2.24, 2.45) is 0 Å². The number of ether oxygens (including phenoxy) is 3. The summed E-state index contributed by atoms with van der Waals surface area (Å²) in [4.78, 5) is 31.4. The van der Waals surface area contributed by atoms with Crippen LogP contribution in [0.4, 0.5) is 22.7 Å². The van der Waals surface area contributed by atoms with Crippen molar-refractivity contribution in [2.75, 3.05) is 41.3 Å². The van der Waals surface area contributed by atoms with Crippen molar-refractivity contribution < 1.29 is 28.9 Å². The molecular weight excluding hydrogens is 750 g/mol. The van der Waals surface area contributed by atoms with E-state index in [1.165, 1.54) is 0 Å². The van der Waals surface area contributed by atoms with Gasteiger partial charge in [-0.15, -0.1) is 0 Å². The molecule has 1 spiro atoms. The van der Waals surface area contributed by atoms with Crippen LogP contribution in [0.15, 0.2) is 121 Å². The number of nitrogens with one attached hydrogen (secondary N) is 1. The number of benzene rings is 6. The van der Waals surface area contributed by atoms with Gasteiger partial charge in [0.25, 0.3) is 0 Å². The second kappa shape index (κ2) is 14.2. The molecule has 0 bridgehead atoms. The fraction of sp³-hybridized carbons (Fsp3) is 0.208. The Bertz CT molecular complexity index is 2640. The van der Waals surface area contributed by atoms with Gasteiger partial charge in [-0.05, 0) is 94.4 Å². The van der Waals surface area contributed by atoms with Crippen molar-refractivity contribution in [2.45, 2.75) is 38.9 Å². The first-order chi connectivity index (χ1) is 28.2. The maximum Gasteiger partial charge on any atom is 0.340 e. The van der Waals surface area contributed by atoms with Crippen LogP contribution in [0.5, 0.6) is 17.2 Å². The van der Waals surface area contributed by atoms with Gasteiger partial charge in [0.2, 0.25) is 0 Å². The molecule has 0 aromatic heterocycles. The van der Waals surface area contributed by atoms with Gasteiger partial charge < -0.3 is 34.4 Å². The van der Waals surface area contributed by atoms with Crippen LogP contribution in [-0.2, 0) is 20.7 Å². The highest BCUT2D eigenvalue weighted by Crippen LogP contribution is 2.57. The Morgan fingerprint density at radius 2 is 1.17 bits per heavy atom. The molecule has 9 rings (SSSR count). The summed E-state index contributed by atoms with van der Waals surface area (Å²) in [6.45, 7) is 11.5. The van der Waals surface area contributed by atoms with Gasteiger partial charge in [0.15, 0.2) is 11.2 Å². The number of fused-ring (bicyclic) bond motifs is 7. The van der Waals surface area contributed by atoms with E-state index in [1.54, 1.807) is 30.3 Å². The zero-order valence-electron chi connectivity index (χ0n) is 32.6. The smallest absolute Gasteiger partial charge is 0.340 e. The summed E-state index contributed by atoms with van der Waals surface area (Å²) in [6.07, 6.45) is 0. The average molecular weight is 792 g/mol. The molecule has 3 aliphatic rings. The third-order valence-corrected chi connectivity index (χ3v) is 12.1. The van der Waals surface area contributed by atoms with E-state index in [-0.39, 0.29) is 5.75 Å². The van der Waals surface area contributed by atoms with Crippen LogP contribution in [-0.4, -0.2) is 43.2 Å². The number of hydrogen-bond donors (Lipinski definition) is 2. The third kappa shape index (κ3) is 5.51. The summed E-state index contributed by atoms with van der Waals surface area (Å²) in [5.41, 5.74) is 5.09. The molecule has 9 nitrogen and oxygen atoms in total. The summed E-state index contributed by atoms with van der Waals surface area (Å²) in [5, 5.41) is 15.5. The number of anilines is 4. The third-order valence-electron chi connectivity index (χ3n) is 11.7. The first kappa shape index (κ1) is 37.1. The number of phenolic OH excluding ortho intramolecular Hbond substituents is 1. The van der Waals surface area contributed by atoms with E-state index >= 15 is 0 Å². The molecule has 0 fully saturated rings. The van der Waals surface area contributed by atoms with Crippen LogP contribution >= 0.6 is 11.6 Å². The van der Waals surface area contributed by atoms with Gasteiger partial charge in [-0.2, -0.15) is 0 Å². The van der Waals surface area contributed by atoms with Crippen molar-refractivity contribution >= 4 is 46.3 Å². The second-order valence-electron chi connectivity index (χ2n) is 14.6. The molecule has 2 N–H and O–H groups in total. The fourth-order valence-electron chi connectivity index (χ4n) is 8.91. The Balaban J connectivity index is 1.12. The monoisotopic (exact) mass is 791 g/mol. The van der Waals surface area contributed by atoms with E-state index in [0.717, 1.165) is 48.7 Å². The summed E-state index contributed by atoms with van der Waals surface area (Å²) >= 11 is 7.13. The SMILES string of the molecule is CCN(CC)c1ccc(C2(c3ccc(Nc4ccc5c(c4)C4(OC(=O)c6ccccc64)c4ccc(N(CC)CC)cc4O5)c(Cl)c3)OC(=O)c3ccccc32)c(O)c1. The van der Waals surface area contributed by atoms with Crippen LogP contribution in [0.3, 0.4) is 0 Å². The van der Waals surface area contributed by atoms with E-state index < -0.39 is 23.1 Å². The molecule has 0 radical (unpaired) electrons. The van der Waals surface area contributed by atoms with Crippen molar-refractivity contribution in [1.82, 2.24) is 0 Å². The standard InChI is InChI=1S/C48H42ClN3O6/c1-5-51(6-2)31-19-21-37(42(53)27-31)47(35-15-11-9-13-33(35)45(54)57-47)29-17-23-41(40(49)25-29)50-30-18-24-43-39(26-30)48(36-16-12-10-14-34(36)46(55)58-48)38-22-20-32(28-44(38)56-43)52(7-3)8-4/h9-28,50,53H,5-8H2,1-4H3. The molecule has 0 aliphatic carbocycles. The van der Waals surface area contributed by atoms with Crippen molar-refractivity contribution in [3.63, 3.8) is 0 Å². The van der Waals surface area contributed by atoms with Gasteiger partial charge in [-0.3, -0.25) is 0 Å². The highest BCUT2D eigenvalue weighted by Gasteiger charge is 2.54. The second-order valence-corrected chi connectivity index (χ2v) is 15.0. The lowest BCUT2D eigenvalue weighted by Gasteiger charge is -2.37. The summed E-state index contributed by atoms with van der Waals surface area (Å²) in [6, 6.07) is 37.4. The quantitative estimate of drug-likeness (QED) is 0.131. The summed E-state index contributed by atoms with van der Waals surface area (Å²) in [5.74, 6) is 0.286. The normalized spacial score (nSPS) is 18.4. The van der Waals surface area contributed by atoms with Crippen molar-refractivity contribution in [3.8, 4) is 17.2 Å². The lowest BCUT2D eigenvalue weighted by molar-refractivity contribution is 0.0220. The summed E-state index contributed by atoms with van der Waals surface area (Å²) in [7, 11) is 0. The van der Waals surface area contributed by atoms with E-state index in [4.69, 9.17) is 25.8 Å². The Labute approximate surface area is 342 Å². The Morgan fingerprint density at radius 1 is 0.586 bits per heavy atom. The average Bonchev–Trinajstić information content (AvgIpc) is 3.71. The van der Waals surface area contributed by atoms with Gasteiger partial charge in [-0.25, -0.2) is 9.59 Å². The van der Waals surface area contributed by atoms with Crippen molar-refractivity contribution in [3.05, 3.63) is 171 Å². The van der Waals surface area contributed by atoms with Gasteiger partial charge in [0, 0.05) is 88.8 Å². The maximum absolute atomic E-state index is 13.6. The number of hydrogen-bond acceptors (Lipinski definition) is 9. The van der Waals surface area contributed by atoms with Gasteiger partial charge in [-0.1, -0.05) is 54.1 Å². The number of aromatic hydroxyl groups is 1. The van der Waals surface area contributed by atoms with Crippen molar-refractivity contribution in [1.29, 1.82) is 0 Å². The molecule has 292 valence electrons. The predicted molar refractivity (Wildman–Crippen MR) is 226 cm³/mol. The Hall–Kier alpha value is -6.45. The molecule has 2 atom stereocenters.